The molecule has 4 aliphatic rings. The van der Waals surface area contributed by atoms with Gasteiger partial charge in [0.25, 0.3) is 0 Å². The SMILES string of the molecule is C[C@@H]1CCC[C@@]2(C)C[C@H]3OC(=O)[C@@H](CN[C@@H]4COC(C)(C)O[C@H]4c4ccccc4)[C@@H]3C=C12. The molecule has 3 fully saturated rings. The fourth-order valence-electron chi connectivity index (χ4n) is 6.47. The topological polar surface area (TPSA) is 56.8 Å². The van der Waals surface area contributed by atoms with E-state index in [9.17, 15) is 4.79 Å². The highest BCUT2D eigenvalue weighted by molar-refractivity contribution is 5.76. The molecule has 1 aromatic rings. The molecule has 5 heteroatoms. The fourth-order valence-corrected chi connectivity index (χ4v) is 6.47. The van der Waals surface area contributed by atoms with Crippen LogP contribution in [0.1, 0.15) is 65.0 Å². The van der Waals surface area contributed by atoms with Crippen molar-refractivity contribution in [3.05, 3.63) is 47.5 Å². The summed E-state index contributed by atoms with van der Waals surface area (Å²) in [5.41, 5.74) is 2.87. The van der Waals surface area contributed by atoms with Gasteiger partial charge in [-0.3, -0.25) is 4.79 Å². The summed E-state index contributed by atoms with van der Waals surface area (Å²) in [4.78, 5) is 12.9. The highest BCUT2D eigenvalue weighted by atomic mass is 16.7. The molecule has 0 bridgehead atoms. The normalized spacial score (nSPS) is 40.8. The molecule has 2 heterocycles. The van der Waals surface area contributed by atoms with Crippen LogP contribution in [0.4, 0.5) is 0 Å². The van der Waals surface area contributed by atoms with Gasteiger partial charge in [-0.25, -0.2) is 0 Å². The summed E-state index contributed by atoms with van der Waals surface area (Å²) in [6.45, 7) is 9.74. The Morgan fingerprint density at radius 3 is 2.72 bits per heavy atom. The molecule has 174 valence electrons. The lowest BCUT2D eigenvalue weighted by Gasteiger charge is -2.46. The number of esters is 1. The minimum Gasteiger partial charge on any atom is -0.461 e. The molecular weight excluding hydrogens is 402 g/mol. The number of carbonyl (C=O) groups excluding carboxylic acids is 1. The summed E-state index contributed by atoms with van der Waals surface area (Å²) in [7, 11) is 0. The Hall–Kier alpha value is -1.69. The van der Waals surface area contributed by atoms with E-state index in [1.165, 1.54) is 19.3 Å². The van der Waals surface area contributed by atoms with Gasteiger partial charge in [-0.15, -0.1) is 0 Å². The van der Waals surface area contributed by atoms with E-state index in [1.54, 1.807) is 5.57 Å². The number of benzene rings is 1. The first kappa shape index (κ1) is 22.1. The van der Waals surface area contributed by atoms with Crippen molar-refractivity contribution in [1.82, 2.24) is 5.32 Å². The molecule has 1 saturated carbocycles. The molecule has 7 atom stereocenters. The summed E-state index contributed by atoms with van der Waals surface area (Å²) in [6, 6.07) is 10.3. The van der Waals surface area contributed by atoms with Crippen molar-refractivity contribution in [2.24, 2.45) is 23.2 Å². The van der Waals surface area contributed by atoms with E-state index in [0.29, 0.717) is 19.1 Å². The quantitative estimate of drug-likeness (QED) is 0.540. The van der Waals surface area contributed by atoms with Gasteiger partial charge in [0.05, 0.1) is 18.6 Å². The van der Waals surface area contributed by atoms with Gasteiger partial charge in [-0.05, 0) is 50.0 Å². The summed E-state index contributed by atoms with van der Waals surface area (Å²) in [6.07, 6.45) is 6.99. The van der Waals surface area contributed by atoms with E-state index >= 15 is 0 Å². The van der Waals surface area contributed by atoms with Crippen LogP contribution in [0.3, 0.4) is 0 Å². The lowest BCUT2D eigenvalue weighted by molar-refractivity contribution is -0.285. The molecule has 0 spiro atoms. The van der Waals surface area contributed by atoms with E-state index in [0.717, 1.165) is 12.0 Å². The van der Waals surface area contributed by atoms with Gasteiger partial charge in [0, 0.05) is 12.5 Å². The molecule has 2 aliphatic heterocycles. The van der Waals surface area contributed by atoms with Crippen LogP contribution in [0, 0.1) is 23.2 Å². The molecule has 2 aliphatic carbocycles. The summed E-state index contributed by atoms with van der Waals surface area (Å²) in [5, 5.41) is 3.63. The van der Waals surface area contributed by atoms with Crippen LogP contribution in [0.25, 0.3) is 0 Å². The maximum Gasteiger partial charge on any atom is 0.311 e. The minimum atomic E-state index is -0.633. The molecule has 1 aromatic carbocycles. The van der Waals surface area contributed by atoms with E-state index in [-0.39, 0.29) is 41.5 Å². The van der Waals surface area contributed by atoms with E-state index in [4.69, 9.17) is 14.2 Å². The second-order valence-electron chi connectivity index (χ2n) is 11.0. The molecule has 1 N–H and O–H groups in total. The van der Waals surface area contributed by atoms with Gasteiger partial charge >= 0.3 is 5.97 Å². The fraction of sp³-hybridized carbons (Fsp3) is 0.667. The van der Waals surface area contributed by atoms with Crippen molar-refractivity contribution in [2.75, 3.05) is 13.2 Å². The third kappa shape index (κ3) is 4.04. The average Bonchev–Trinajstić information content (AvgIpc) is 3.05. The van der Waals surface area contributed by atoms with Crippen molar-refractivity contribution in [1.29, 1.82) is 0 Å². The van der Waals surface area contributed by atoms with Crippen LogP contribution in [0.15, 0.2) is 42.0 Å². The van der Waals surface area contributed by atoms with Gasteiger partial charge in [0.15, 0.2) is 5.79 Å². The number of allylic oxidation sites excluding steroid dienone is 1. The van der Waals surface area contributed by atoms with Crippen molar-refractivity contribution >= 4 is 5.97 Å². The van der Waals surface area contributed by atoms with Gasteiger partial charge in [-0.2, -0.15) is 0 Å². The molecule has 0 radical (unpaired) electrons. The van der Waals surface area contributed by atoms with Crippen LogP contribution in [-0.2, 0) is 19.0 Å². The number of carbonyl (C=O) groups is 1. The number of nitrogens with one attached hydrogen (secondary N) is 1. The number of hydrogen-bond acceptors (Lipinski definition) is 5. The van der Waals surface area contributed by atoms with Crippen LogP contribution in [0.5, 0.6) is 0 Å². The second-order valence-corrected chi connectivity index (χ2v) is 11.0. The standard InChI is InChI=1S/C27H37NO4/c1-17-9-8-12-27(4)14-23-19(13-21(17)27)20(25(29)31-23)15-28-22-16-30-26(2,3)32-24(22)18-10-6-5-7-11-18/h5-7,10-11,13,17,19-20,22-24,28H,8-9,12,14-16H2,1-4H3/t17-,19+,20+,22-,23-,24+,27+/m1/s1. The molecule has 0 unspecified atom stereocenters. The van der Waals surface area contributed by atoms with Gasteiger partial charge in [0.1, 0.15) is 12.2 Å². The predicted octanol–water partition coefficient (Wildman–Crippen LogP) is 4.78. The first-order chi connectivity index (χ1) is 15.3. The minimum absolute atomic E-state index is 0.0102. The lowest BCUT2D eigenvalue weighted by Crippen LogP contribution is -2.52. The Morgan fingerprint density at radius 1 is 1.16 bits per heavy atom. The van der Waals surface area contributed by atoms with Crippen molar-refractivity contribution in [3.63, 3.8) is 0 Å². The number of ether oxygens (including phenoxy) is 3. The maximum absolute atomic E-state index is 12.9. The Labute approximate surface area is 191 Å². The van der Waals surface area contributed by atoms with E-state index in [2.05, 4.69) is 37.4 Å². The molecule has 0 aromatic heterocycles. The first-order valence-corrected chi connectivity index (χ1v) is 12.3. The summed E-state index contributed by atoms with van der Waals surface area (Å²) >= 11 is 0. The summed E-state index contributed by atoms with van der Waals surface area (Å²) in [5.74, 6) is -0.0867. The van der Waals surface area contributed by atoms with Crippen molar-refractivity contribution < 1.29 is 19.0 Å². The van der Waals surface area contributed by atoms with Crippen LogP contribution in [0.2, 0.25) is 0 Å². The smallest absolute Gasteiger partial charge is 0.311 e. The van der Waals surface area contributed by atoms with E-state index < -0.39 is 5.79 Å². The van der Waals surface area contributed by atoms with Crippen molar-refractivity contribution in [2.45, 2.75) is 77.4 Å². The number of rotatable bonds is 4. The molecule has 32 heavy (non-hydrogen) atoms. The molecular formula is C27H37NO4. The van der Waals surface area contributed by atoms with Gasteiger partial charge in [-0.1, -0.05) is 62.2 Å². The number of hydrogen-bond donors (Lipinski definition) is 1. The Balaban J connectivity index is 1.33. The Morgan fingerprint density at radius 2 is 1.94 bits per heavy atom. The molecule has 0 amide bonds. The zero-order chi connectivity index (χ0) is 22.5. The zero-order valence-corrected chi connectivity index (χ0v) is 19.8. The summed E-state index contributed by atoms with van der Waals surface area (Å²) < 4.78 is 18.2. The molecule has 2 saturated heterocycles. The van der Waals surface area contributed by atoms with Crippen LogP contribution >= 0.6 is 0 Å². The van der Waals surface area contributed by atoms with Crippen LogP contribution in [-0.4, -0.2) is 37.1 Å². The monoisotopic (exact) mass is 439 g/mol. The van der Waals surface area contributed by atoms with Gasteiger partial charge < -0.3 is 19.5 Å². The van der Waals surface area contributed by atoms with Gasteiger partial charge in [0.2, 0.25) is 0 Å². The van der Waals surface area contributed by atoms with E-state index in [1.807, 2.05) is 32.0 Å². The Bertz CT molecular complexity index is 881. The predicted molar refractivity (Wildman–Crippen MR) is 123 cm³/mol. The lowest BCUT2D eigenvalue weighted by atomic mass is 9.59. The second kappa shape index (κ2) is 8.27. The number of fused-ring (bicyclic) bond motifs is 2. The molecule has 5 rings (SSSR count). The largest absolute Gasteiger partial charge is 0.461 e. The maximum atomic E-state index is 12.9. The highest BCUT2D eigenvalue weighted by Crippen LogP contribution is 2.53. The first-order valence-electron chi connectivity index (χ1n) is 12.3. The Kier molecular flexibility index (Phi) is 5.71. The molecule has 5 nitrogen and oxygen atoms in total. The third-order valence-corrected chi connectivity index (χ3v) is 8.20. The average molecular weight is 440 g/mol. The van der Waals surface area contributed by atoms with Crippen LogP contribution < -0.4 is 5.32 Å². The van der Waals surface area contributed by atoms with Crippen molar-refractivity contribution in [3.8, 4) is 0 Å². The third-order valence-electron chi connectivity index (χ3n) is 8.20. The zero-order valence-electron chi connectivity index (χ0n) is 19.8. The highest BCUT2D eigenvalue weighted by Gasteiger charge is 2.52.